The third-order valence-electron chi connectivity index (χ3n) is 3.60. The first-order chi connectivity index (χ1) is 13.7. The lowest BCUT2D eigenvalue weighted by atomic mass is 10.1. The van der Waals surface area contributed by atoms with E-state index < -0.39 is 29.2 Å². The van der Waals surface area contributed by atoms with Crippen LogP contribution in [0.4, 0.5) is 14.5 Å². The van der Waals surface area contributed by atoms with Crippen LogP contribution in [0.3, 0.4) is 0 Å². The van der Waals surface area contributed by atoms with Gasteiger partial charge in [-0.1, -0.05) is 6.07 Å². The Morgan fingerprint density at radius 3 is 2.24 bits per heavy atom. The van der Waals surface area contributed by atoms with E-state index in [0.717, 1.165) is 25.3 Å². The number of alkyl halides is 2. The van der Waals surface area contributed by atoms with Crippen LogP contribution in [0.2, 0.25) is 0 Å². The summed E-state index contributed by atoms with van der Waals surface area (Å²) >= 11 is 0. The number of rotatable bonds is 8. The van der Waals surface area contributed by atoms with E-state index in [1.165, 1.54) is 25.3 Å². The minimum Gasteiger partial charge on any atom is -0.493 e. The molecule has 9 nitrogen and oxygen atoms in total. The molecule has 0 amide bonds. The van der Waals surface area contributed by atoms with Crippen LogP contribution in [0.5, 0.6) is 11.5 Å². The molecule has 0 atom stereocenters. The Kier molecular flexibility index (Phi) is 7.01. The van der Waals surface area contributed by atoms with E-state index in [1.54, 1.807) is 0 Å². The quantitative estimate of drug-likeness (QED) is 0.369. The van der Waals surface area contributed by atoms with Gasteiger partial charge in [-0.15, -0.1) is 0 Å². The molecular formula is C18H15F2NO8. The topological polar surface area (TPSA) is 114 Å². The Balaban J connectivity index is 2.19. The second-order valence-corrected chi connectivity index (χ2v) is 5.46. The van der Waals surface area contributed by atoms with Gasteiger partial charge in [0.05, 0.1) is 30.3 Å². The fourth-order valence-corrected chi connectivity index (χ4v) is 2.30. The summed E-state index contributed by atoms with van der Waals surface area (Å²) in [5.41, 5.74) is -0.529. The second-order valence-electron chi connectivity index (χ2n) is 5.46. The van der Waals surface area contributed by atoms with E-state index in [-0.39, 0.29) is 29.2 Å². The molecule has 0 saturated heterocycles. The van der Waals surface area contributed by atoms with E-state index in [2.05, 4.69) is 9.47 Å². The molecule has 0 saturated carbocycles. The van der Waals surface area contributed by atoms with Crippen molar-refractivity contribution in [2.24, 2.45) is 0 Å². The normalized spacial score (nSPS) is 10.4. The van der Waals surface area contributed by atoms with Crippen LogP contribution in [-0.4, -0.2) is 37.7 Å². The van der Waals surface area contributed by atoms with Crippen molar-refractivity contribution in [2.45, 2.75) is 13.2 Å². The lowest BCUT2D eigenvalue weighted by molar-refractivity contribution is -0.384. The summed E-state index contributed by atoms with van der Waals surface area (Å²) in [7, 11) is 2.34. The van der Waals surface area contributed by atoms with Crippen molar-refractivity contribution in [2.75, 3.05) is 14.2 Å². The smallest absolute Gasteiger partial charge is 0.387 e. The van der Waals surface area contributed by atoms with Gasteiger partial charge in [0.2, 0.25) is 0 Å². The van der Waals surface area contributed by atoms with Gasteiger partial charge in [-0.2, -0.15) is 8.78 Å². The highest BCUT2D eigenvalue weighted by Gasteiger charge is 2.19. The molecule has 2 rings (SSSR count). The van der Waals surface area contributed by atoms with Crippen LogP contribution < -0.4 is 9.47 Å². The number of esters is 2. The van der Waals surface area contributed by atoms with Gasteiger partial charge in [0.25, 0.3) is 5.69 Å². The number of hydrogen-bond donors (Lipinski definition) is 0. The number of nitro groups is 1. The molecule has 29 heavy (non-hydrogen) atoms. The number of ether oxygens (including phenoxy) is 4. The fourth-order valence-electron chi connectivity index (χ4n) is 2.30. The number of carbonyl (C=O) groups excluding carboxylic acids is 2. The summed E-state index contributed by atoms with van der Waals surface area (Å²) in [6.07, 6.45) is 0. The molecule has 0 aromatic heterocycles. The molecule has 0 aliphatic rings. The standard InChI is InChI=1S/C18H15F2NO8/c1-26-15-5-10(3-4-14(15)29-18(19)20)9-28-17(23)12-6-11(16(22)27-2)7-13(8-12)21(24)25/h3-8,18H,9H2,1-2H3. The van der Waals surface area contributed by atoms with E-state index >= 15 is 0 Å². The van der Waals surface area contributed by atoms with Gasteiger partial charge < -0.3 is 18.9 Å². The number of halogens is 2. The highest BCUT2D eigenvalue weighted by Crippen LogP contribution is 2.30. The molecule has 0 spiro atoms. The third-order valence-corrected chi connectivity index (χ3v) is 3.60. The molecule has 0 heterocycles. The Morgan fingerprint density at radius 1 is 1.03 bits per heavy atom. The van der Waals surface area contributed by atoms with Crippen LogP contribution in [0.1, 0.15) is 26.3 Å². The summed E-state index contributed by atoms with van der Waals surface area (Å²) in [6, 6.07) is 6.95. The Labute approximate surface area is 162 Å². The Morgan fingerprint density at radius 2 is 1.69 bits per heavy atom. The zero-order valence-electron chi connectivity index (χ0n) is 15.2. The number of hydrogen-bond acceptors (Lipinski definition) is 8. The molecule has 154 valence electrons. The number of carbonyl (C=O) groups is 2. The molecule has 0 radical (unpaired) electrons. The predicted octanol–water partition coefficient (Wildman–Crippen LogP) is 3.35. The van der Waals surface area contributed by atoms with Crippen molar-refractivity contribution in [3.8, 4) is 11.5 Å². The average Bonchev–Trinajstić information content (AvgIpc) is 2.71. The minimum absolute atomic E-state index is 0.00201. The molecule has 0 aliphatic heterocycles. The number of nitrogens with zero attached hydrogens (tertiary/aromatic N) is 1. The van der Waals surface area contributed by atoms with E-state index in [1.807, 2.05) is 0 Å². The average molecular weight is 411 g/mol. The van der Waals surface area contributed by atoms with Crippen molar-refractivity contribution in [3.05, 3.63) is 63.2 Å². The molecule has 0 N–H and O–H groups in total. The van der Waals surface area contributed by atoms with E-state index in [4.69, 9.17) is 9.47 Å². The van der Waals surface area contributed by atoms with Crippen molar-refractivity contribution in [1.29, 1.82) is 0 Å². The van der Waals surface area contributed by atoms with Crippen LogP contribution >= 0.6 is 0 Å². The van der Waals surface area contributed by atoms with Gasteiger partial charge in [-0.3, -0.25) is 10.1 Å². The lowest BCUT2D eigenvalue weighted by Gasteiger charge is -2.12. The van der Waals surface area contributed by atoms with Crippen LogP contribution in [0, 0.1) is 10.1 Å². The summed E-state index contributed by atoms with van der Waals surface area (Å²) in [4.78, 5) is 34.2. The summed E-state index contributed by atoms with van der Waals surface area (Å²) in [5.74, 6) is -1.99. The fraction of sp³-hybridized carbons (Fsp3) is 0.222. The van der Waals surface area contributed by atoms with Gasteiger partial charge >= 0.3 is 18.6 Å². The first-order valence-corrected chi connectivity index (χ1v) is 7.91. The molecule has 2 aromatic rings. The molecule has 0 fully saturated rings. The van der Waals surface area contributed by atoms with E-state index in [9.17, 15) is 28.5 Å². The maximum atomic E-state index is 12.4. The Bertz CT molecular complexity index is 932. The summed E-state index contributed by atoms with van der Waals surface area (Å²) < 4.78 is 43.5. The van der Waals surface area contributed by atoms with Gasteiger partial charge in [-0.05, 0) is 23.8 Å². The molecule has 2 aromatic carbocycles. The SMILES string of the molecule is COC(=O)c1cc(C(=O)OCc2ccc(OC(F)F)c(OC)c2)cc([N+](=O)[O-])c1. The monoisotopic (exact) mass is 411 g/mol. The number of benzene rings is 2. The number of nitro benzene ring substituents is 1. The van der Waals surface area contributed by atoms with Crippen molar-refractivity contribution >= 4 is 17.6 Å². The second kappa shape index (κ2) is 9.44. The molecule has 0 unspecified atom stereocenters. The maximum absolute atomic E-state index is 12.4. The van der Waals surface area contributed by atoms with Crippen molar-refractivity contribution < 1.29 is 42.2 Å². The van der Waals surface area contributed by atoms with Crippen molar-refractivity contribution in [3.63, 3.8) is 0 Å². The van der Waals surface area contributed by atoms with Gasteiger partial charge in [0.15, 0.2) is 11.5 Å². The first-order valence-electron chi connectivity index (χ1n) is 7.91. The largest absolute Gasteiger partial charge is 0.493 e. The van der Waals surface area contributed by atoms with Gasteiger partial charge in [-0.25, -0.2) is 9.59 Å². The zero-order chi connectivity index (χ0) is 21.6. The number of non-ortho nitro benzene ring substituents is 1. The zero-order valence-corrected chi connectivity index (χ0v) is 15.2. The molecule has 0 aliphatic carbocycles. The van der Waals surface area contributed by atoms with Crippen LogP contribution in [0.25, 0.3) is 0 Å². The predicted molar refractivity (Wildman–Crippen MR) is 93.2 cm³/mol. The third kappa shape index (κ3) is 5.61. The highest BCUT2D eigenvalue weighted by molar-refractivity contribution is 5.96. The maximum Gasteiger partial charge on any atom is 0.387 e. The first kappa shape index (κ1) is 21.5. The summed E-state index contributed by atoms with van der Waals surface area (Å²) in [6.45, 7) is -3.33. The van der Waals surface area contributed by atoms with Crippen molar-refractivity contribution in [1.82, 2.24) is 0 Å². The number of methoxy groups -OCH3 is 2. The highest BCUT2D eigenvalue weighted by atomic mass is 19.3. The lowest BCUT2D eigenvalue weighted by Crippen LogP contribution is -2.09. The molecular weight excluding hydrogens is 396 g/mol. The van der Waals surface area contributed by atoms with Gasteiger partial charge in [0, 0.05) is 12.1 Å². The minimum atomic E-state index is -3.04. The Hall–Kier alpha value is -3.76. The van der Waals surface area contributed by atoms with Crippen LogP contribution in [0.15, 0.2) is 36.4 Å². The van der Waals surface area contributed by atoms with Gasteiger partial charge in [0.1, 0.15) is 6.61 Å². The van der Waals surface area contributed by atoms with Crippen LogP contribution in [-0.2, 0) is 16.1 Å². The molecule has 11 heteroatoms. The molecule has 0 bridgehead atoms. The summed E-state index contributed by atoms with van der Waals surface area (Å²) in [5, 5.41) is 11.0. The van der Waals surface area contributed by atoms with E-state index in [0.29, 0.717) is 5.56 Å².